The topological polar surface area (TPSA) is 22.3 Å². The molecule has 4 aliphatic rings. The Balaban J connectivity index is 0.831. The Morgan fingerprint density at radius 1 is 0.453 bits per heavy atom. The SMILES string of the molecule is CC(C)c1cc2c3c(c1)c1ccccc1n3B1c3ccccc3N(c3ccc(CC(C)(C)c4ccc5c(c4)c4cccc6c4n5B4c5ccc(C(C)(C)C)cc5Oc5cccc-6c54)cc3)c3cc(C(C)(C)C)cc-2c31. The fourth-order valence-electron chi connectivity index (χ4n) is 13.9. The van der Waals surface area contributed by atoms with E-state index in [1.807, 2.05) is 0 Å². The standard InChI is InChI=1S/C69H61B2N3O/c1-40(2)42-33-53-47-17-11-13-22-57(47)73-66(53)54(34-42)52-36-45(68(6,7)8)37-60-63(52)70(73)55-21-12-14-23-59(55)72(60)46-29-25-41(26-30-46)39-69(9,10)44-28-32-58-51(35-44)50-20-15-19-49-48-18-16-24-61-64(48)71(74(58)65(49)50)56-31-27-43(67(3,4)5)38-62(56)75-61/h11-38,40H,39H2,1-10H3. The van der Waals surface area contributed by atoms with Crippen molar-refractivity contribution in [1.29, 1.82) is 0 Å². The van der Waals surface area contributed by atoms with Crippen LogP contribution in [-0.4, -0.2) is 22.7 Å². The number of para-hydroxylation sites is 3. The molecule has 2 aromatic heterocycles. The highest BCUT2D eigenvalue weighted by Gasteiger charge is 2.45. The zero-order chi connectivity index (χ0) is 51.2. The van der Waals surface area contributed by atoms with E-state index in [-0.39, 0.29) is 29.9 Å². The van der Waals surface area contributed by atoms with E-state index >= 15 is 0 Å². The van der Waals surface area contributed by atoms with Crippen LogP contribution in [0.15, 0.2) is 170 Å². The maximum Gasteiger partial charge on any atom is 0.336 e. The second-order valence-corrected chi connectivity index (χ2v) is 25.3. The van der Waals surface area contributed by atoms with Crippen LogP contribution in [0, 0.1) is 0 Å². The molecule has 11 aromatic rings. The molecule has 0 atom stereocenters. The summed E-state index contributed by atoms with van der Waals surface area (Å²) in [6.45, 7) is 23.5. The Bertz CT molecular complexity index is 4290. The molecule has 0 saturated carbocycles. The van der Waals surface area contributed by atoms with Gasteiger partial charge < -0.3 is 18.6 Å². The quantitative estimate of drug-likeness (QED) is 0.160. The molecule has 0 unspecified atom stereocenters. The molecule has 15 rings (SSSR count). The second-order valence-electron chi connectivity index (χ2n) is 25.3. The highest BCUT2D eigenvalue weighted by atomic mass is 16.5. The van der Waals surface area contributed by atoms with Gasteiger partial charge in [-0.2, -0.15) is 0 Å². The molecule has 6 heterocycles. The number of hydrogen-bond acceptors (Lipinski definition) is 2. The first-order valence-electron chi connectivity index (χ1n) is 27.3. The summed E-state index contributed by atoms with van der Waals surface area (Å²) in [6, 6.07) is 65.5. The Labute approximate surface area is 441 Å². The largest absolute Gasteiger partial charge is 0.458 e. The van der Waals surface area contributed by atoms with E-state index in [0.717, 1.165) is 17.9 Å². The minimum absolute atomic E-state index is 0.0128. The van der Waals surface area contributed by atoms with E-state index in [4.69, 9.17) is 4.74 Å². The summed E-state index contributed by atoms with van der Waals surface area (Å²) in [7, 11) is 0. The maximum atomic E-state index is 6.81. The normalized spacial score (nSPS) is 14.2. The molecule has 0 aliphatic carbocycles. The third-order valence-corrected chi connectivity index (χ3v) is 17.8. The number of rotatable bonds is 5. The third kappa shape index (κ3) is 6.26. The molecule has 4 aliphatic heterocycles. The van der Waals surface area contributed by atoms with Gasteiger partial charge in [0.2, 0.25) is 0 Å². The van der Waals surface area contributed by atoms with Crippen LogP contribution < -0.4 is 31.5 Å². The lowest BCUT2D eigenvalue weighted by Crippen LogP contribution is -2.56. The monoisotopic (exact) mass is 970 g/mol. The van der Waals surface area contributed by atoms with Crippen molar-refractivity contribution in [2.75, 3.05) is 4.90 Å². The van der Waals surface area contributed by atoms with Gasteiger partial charge in [-0.25, -0.2) is 0 Å². The van der Waals surface area contributed by atoms with Crippen LogP contribution in [-0.2, 0) is 22.7 Å². The fraction of sp³-hybridized carbons (Fsp3) is 0.217. The minimum Gasteiger partial charge on any atom is -0.458 e. The van der Waals surface area contributed by atoms with Crippen molar-refractivity contribution in [1.82, 2.24) is 8.96 Å². The van der Waals surface area contributed by atoms with E-state index in [2.05, 4.69) is 253 Å². The molecule has 0 saturated heterocycles. The van der Waals surface area contributed by atoms with Crippen LogP contribution in [0.4, 0.5) is 17.1 Å². The highest BCUT2D eigenvalue weighted by Crippen LogP contribution is 2.49. The smallest absolute Gasteiger partial charge is 0.336 e. The maximum absolute atomic E-state index is 6.81. The number of aromatic nitrogens is 2. The number of anilines is 3. The van der Waals surface area contributed by atoms with Crippen molar-refractivity contribution in [2.45, 2.75) is 97.8 Å². The van der Waals surface area contributed by atoms with Gasteiger partial charge in [0, 0.05) is 77.3 Å². The van der Waals surface area contributed by atoms with Gasteiger partial charge in [-0.05, 0) is 151 Å². The molecular formula is C69H61B2N3O. The Hall–Kier alpha value is -7.69. The van der Waals surface area contributed by atoms with E-state index in [1.165, 1.54) is 133 Å². The van der Waals surface area contributed by atoms with Crippen LogP contribution in [0.25, 0.3) is 65.9 Å². The van der Waals surface area contributed by atoms with Gasteiger partial charge in [0.15, 0.2) is 0 Å². The summed E-state index contributed by atoms with van der Waals surface area (Å²) in [5.74, 6) is 2.32. The summed E-state index contributed by atoms with van der Waals surface area (Å²) >= 11 is 0. The first-order valence-corrected chi connectivity index (χ1v) is 27.3. The Kier molecular flexibility index (Phi) is 9.09. The first kappa shape index (κ1) is 44.8. The van der Waals surface area contributed by atoms with Crippen LogP contribution in [0.2, 0.25) is 0 Å². The zero-order valence-electron chi connectivity index (χ0n) is 44.9. The van der Waals surface area contributed by atoms with Crippen molar-refractivity contribution in [3.8, 4) is 33.8 Å². The molecule has 9 aromatic carbocycles. The van der Waals surface area contributed by atoms with Gasteiger partial charge in [-0.1, -0.05) is 172 Å². The number of benzene rings is 9. The molecule has 0 radical (unpaired) electrons. The van der Waals surface area contributed by atoms with E-state index in [0.29, 0.717) is 5.92 Å². The molecule has 0 amide bonds. The van der Waals surface area contributed by atoms with Gasteiger partial charge >= 0.3 is 13.7 Å². The predicted octanol–water partition coefficient (Wildman–Crippen LogP) is 15.3. The lowest BCUT2D eigenvalue weighted by molar-refractivity contribution is 0.483. The van der Waals surface area contributed by atoms with E-state index in [9.17, 15) is 0 Å². The molecule has 0 fully saturated rings. The predicted molar refractivity (Wildman–Crippen MR) is 320 cm³/mol. The van der Waals surface area contributed by atoms with Crippen molar-refractivity contribution < 1.29 is 4.74 Å². The molecular weight excluding hydrogens is 908 g/mol. The van der Waals surface area contributed by atoms with Gasteiger partial charge in [0.05, 0.1) is 0 Å². The number of hydrogen-bond donors (Lipinski definition) is 0. The molecule has 0 N–H and O–H groups in total. The molecule has 0 bridgehead atoms. The summed E-state index contributed by atoms with van der Waals surface area (Å²) in [5, 5.41) is 5.30. The molecule has 0 spiro atoms. The molecule has 6 heteroatoms. The Morgan fingerprint density at radius 2 is 1.13 bits per heavy atom. The highest BCUT2D eigenvalue weighted by molar-refractivity contribution is 6.90. The van der Waals surface area contributed by atoms with Gasteiger partial charge in [0.25, 0.3) is 0 Å². The molecule has 4 nitrogen and oxygen atoms in total. The summed E-state index contributed by atoms with van der Waals surface area (Å²) in [4.78, 5) is 2.57. The Morgan fingerprint density at radius 3 is 1.92 bits per heavy atom. The average molecular weight is 970 g/mol. The second kappa shape index (κ2) is 15.2. The van der Waals surface area contributed by atoms with Crippen molar-refractivity contribution in [3.63, 3.8) is 0 Å². The third-order valence-electron chi connectivity index (χ3n) is 17.8. The summed E-state index contributed by atoms with van der Waals surface area (Å²) < 4.78 is 12.1. The van der Waals surface area contributed by atoms with Crippen molar-refractivity contribution in [3.05, 3.63) is 198 Å². The van der Waals surface area contributed by atoms with Crippen molar-refractivity contribution >= 4 is 96.2 Å². The lowest BCUT2D eigenvalue weighted by Gasteiger charge is -2.41. The molecule has 364 valence electrons. The number of fused-ring (bicyclic) bond motifs is 14. The van der Waals surface area contributed by atoms with Crippen LogP contribution in [0.5, 0.6) is 11.5 Å². The lowest BCUT2D eigenvalue weighted by atomic mass is 9.45. The zero-order valence-corrected chi connectivity index (χ0v) is 44.9. The van der Waals surface area contributed by atoms with Crippen LogP contribution >= 0.6 is 0 Å². The van der Waals surface area contributed by atoms with E-state index in [1.54, 1.807) is 0 Å². The number of ether oxygens (including phenoxy) is 1. The summed E-state index contributed by atoms with van der Waals surface area (Å²) in [5.41, 5.74) is 25.9. The number of nitrogens with zero attached hydrogens (tertiary/aromatic N) is 3. The average Bonchev–Trinajstić information content (AvgIpc) is 4.17. The summed E-state index contributed by atoms with van der Waals surface area (Å²) in [6.07, 6.45) is 0.903. The van der Waals surface area contributed by atoms with Crippen molar-refractivity contribution in [2.24, 2.45) is 0 Å². The van der Waals surface area contributed by atoms with Gasteiger partial charge in [-0.15, -0.1) is 0 Å². The van der Waals surface area contributed by atoms with E-state index < -0.39 is 0 Å². The fourth-order valence-corrected chi connectivity index (χ4v) is 13.9. The van der Waals surface area contributed by atoms with Gasteiger partial charge in [0.1, 0.15) is 11.5 Å². The molecule has 75 heavy (non-hydrogen) atoms. The minimum atomic E-state index is -0.148. The van der Waals surface area contributed by atoms with Crippen LogP contribution in [0.1, 0.15) is 103 Å². The first-order chi connectivity index (χ1) is 36.0. The van der Waals surface area contributed by atoms with Gasteiger partial charge in [-0.3, -0.25) is 0 Å². The van der Waals surface area contributed by atoms with Crippen LogP contribution in [0.3, 0.4) is 0 Å².